The normalized spacial score (nSPS) is 10.6. The van der Waals surface area contributed by atoms with Crippen molar-refractivity contribution in [3.8, 4) is 0 Å². The van der Waals surface area contributed by atoms with Gasteiger partial charge in [0.15, 0.2) is 5.78 Å². The molecule has 16 heavy (non-hydrogen) atoms. The maximum atomic E-state index is 11.9. The van der Waals surface area contributed by atoms with Gasteiger partial charge in [-0.3, -0.25) is 4.79 Å². The summed E-state index contributed by atoms with van der Waals surface area (Å²) < 4.78 is 1.80. The summed E-state index contributed by atoms with van der Waals surface area (Å²) in [5.74, 6) is 0.862. The molecule has 0 fully saturated rings. The zero-order valence-corrected chi connectivity index (χ0v) is 9.91. The summed E-state index contributed by atoms with van der Waals surface area (Å²) in [6, 6.07) is 3.72. The fourth-order valence-corrected chi connectivity index (χ4v) is 2.16. The SMILES string of the molecule is CCCn1ncnc1CC(=O)c1cccs1. The number of thiophene rings is 1. The zero-order chi connectivity index (χ0) is 11.4. The predicted molar refractivity (Wildman–Crippen MR) is 62.7 cm³/mol. The third-order valence-corrected chi connectivity index (χ3v) is 3.16. The number of aryl methyl sites for hydroxylation is 1. The lowest BCUT2D eigenvalue weighted by molar-refractivity contribution is 0.0993. The van der Waals surface area contributed by atoms with Crippen molar-refractivity contribution < 1.29 is 4.79 Å². The summed E-state index contributed by atoms with van der Waals surface area (Å²) in [5, 5.41) is 6.00. The van der Waals surface area contributed by atoms with Gasteiger partial charge in [-0.25, -0.2) is 9.67 Å². The minimum atomic E-state index is 0.111. The lowest BCUT2D eigenvalue weighted by Gasteiger charge is -2.02. The van der Waals surface area contributed by atoms with E-state index in [4.69, 9.17) is 0 Å². The molecule has 0 atom stereocenters. The van der Waals surface area contributed by atoms with E-state index in [1.807, 2.05) is 17.5 Å². The summed E-state index contributed by atoms with van der Waals surface area (Å²) in [5.41, 5.74) is 0. The Labute approximate surface area is 97.9 Å². The summed E-state index contributed by atoms with van der Waals surface area (Å²) in [4.78, 5) is 16.8. The Bertz CT molecular complexity index is 461. The van der Waals surface area contributed by atoms with Gasteiger partial charge in [0.25, 0.3) is 0 Å². The van der Waals surface area contributed by atoms with E-state index >= 15 is 0 Å². The third-order valence-electron chi connectivity index (χ3n) is 2.25. The van der Waals surface area contributed by atoms with Gasteiger partial charge in [0.05, 0.1) is 11.3 Å². The molecule has 84 valence electrons. The second-order valence-electron chi connectivity index (χ2n) is 3.48. The van der Waals surface area contributed by atoms with E-state index in [0.717, 1.165) is 23.7 Å². The van der Waals surface area contributed by atoms with Crippen LogP contribution in [0.2, 0.25) is 0 Å². The van der Waals surface area contributed by atoms with E-state index < -0.39 is 0 Å². The van der Waals surface area contributed by atoms with Gasteiger partial charge in [0.2, 0.25) is 0 Å². The van der Waals surface area contributed by atoms with Crippen molar-refractivity contribution in [3.05, 3.63) is 34.5 Å². The van der Waals surface area contributed by atoms with Crippen molar-refractivity contribution in [2.24, 2.45) is 0 Å². The maximum absolute atomic E-state index is 11.9. The highest BCUT2D eigenvalue weighted by Gasteiger charge is 2.12. The van der Waals surface area contributed by atoms with Gasteiger partial charge in [0, 0.05) is 6.54 Å². The minimum absolute atomic E-state index is 0.111. The van der Waals surface area contributed by atoms with E-state index in [2.05, 4.69) is 17.0 Å². The highest BCUT2D eigenvalue weighted by Crippen LogP contribution is 2.12. The van der Waals surface area contributed by atoms with Gasteiger partial charge in [-0.05, 0) is 17.9 Å². The number of hydrogen-bond acceptors (Lipinski definition) is 4. The molecule has 2 rings (SSSR count). The molecule has 0 saturated carbocycles. The summed E-state index contributed by atoms with van der Waals surface area (Å²) >= 11 is 1.47. The number of carbonyl (C=O) groups excluding carboxylic acids is 1. The van der Waals surface area contributed by atoms with Gasteiger partial charge >= 0.3 is 0 Å². The first-order valence-electron chi connectivity index (χ1n) is 5.24. The molecule has 0 aromatic carbocycles. The van der Waals surface area contributed by atoms with Crippen molar-refractivity contribution in [1.82, 2.24) is 14.8 Å². The van der Waals surface area contributed by atoms with Crippen LogP contribution >= 0.6 is 11.3 Å². The van der Waals surface area contributed by atoms with Gasteiger partial charge in [0.1, 0.15) is 12.2 Å². The van der Waals surface area contributed by atoms with Crippen LogP contribution in [0.15, 0.2) is 23.8 Å². The van der Waals surface area contributed by atoms with Crippen molar-refractivity contribution >= 4 is 17.1 Å². The van der Waals surface area contributed by atoms with Crippen LogP contribution in [0.1, 0.15) is 28.8 Å². The van der Waals surface area contributed by atoms with E-state index in [-0.39, 0.29) is 5.78 Å². The highest BCUT2D eigenvalue weighted by atomic mass is 32.1. The first kappa shape index (κ1) is 11.0. The Hall–Kier alpha value is -1.49. The van der Waals surface area contributed by atoms with Crippen LogP contribution in [-0.2, 0) is 13.0 Å². The Morgan fingerprint density at radius 2 is 2.44 bits per heavy atom. The topological polar surface area (TPSA) is 47.8 Å². The molecule has 0 N–H and O–H groups in total. The number of Topliss-reactive ketones (excluding diaryl/α,β-unsaturated/α-hetero) is 1. The molecule has 0 saturated heterocycles. The standard InChI is InChI=1S/C11H13N3OS/c1-2-5-14-11(12-8-13-14)7-9(15)10-4-3-6-16-10/h3-4,6,8H,2,5,7H2,1H3. The predicted octanol–water partition coefficient (Wildman–Crippen LogP) is 2.17. The van der Waals surface area contributed by atoms with Crippen molar-refractivity contribution in [2.45, 2.75) is 26.3 Å². The number of aromatic nitrogens is 3. The van der Waals surface area contributed by atoms with E-state index in [9.17, 15) is 4.79 Å². The molecule has 2 aromatic heterocycles. The fraction of sp³-hybridized carbons (Fsp3) is 0.364. The van der Waals surface area contributed by atoms with Crippen molar-refractivity contribution in [2.75, 3.05) is 0 Å². The Morgan fingerprint density at radius 1 is 1.56 bits per heavy atom. The quantitative estimate of drug-likeness (QED) is 0.746. The molecular formula is C11H13N3OS. The van der Waals surface area contributed by atoms with E-state index in [1.54, 1.807) is 4.68 Å². The van der Waals surface area contributed by atoms with Crippen LogP contribution in [0.25, 0.3) is 0 Å². The molecule has 0 spiro atoms. The van der Waals surface area contributed by atoms with Gasteiger partial charge < -0.3 is 0 Å². The summed E-state index contributed by atoms with van der Waals surface area (Å²) in [6.45, 7) is 2.89. The molecule has 0 unspecified atom stereocenters. The average molecular weight is 235 g/mol. The van der Waals surface area contributed by atoms with Crippen LogP contribution in [-0.4, -0.2) is 20.5 Å². The molecule has 4 nitrogen and oxygen atoms in total. The first-order chi connectivity index (χ1) is 7.81. The minimum Gasteiger partial charge on any atom is -0.293 e. The number of hydrogen-bond donors (Lipinski definition) is 0. The number of rotatable bonds is 5. The molecule has 0 amide bonds. The van der Waals surface area contributed by atoms with E-state index in [1.165, 1.54) is 17.7 Å². The second kappa shape index (κ2) is 5.03. The highest BCUT2D eigenvalue weighted by molar-refractivity contribution is 7.12. The Kier molecular flexibility index (Phi) is 3.46. The first-order valence-corrected chi connectivity index (χ1v) is 6.12. The molecule has 2 aromatic rings. The molecule has 2 heterocycles. The summed E-state index contributed by atoms with van der Waals surface area (Å²) in [7, 11) is 0. The van der Waals surface area contributed by atoms with Gasteiger partial charge in [-0.2, -0.15) is 5.10 Å². The van der Waals surface area contributed by atoms with Crippen LogP contribution in [0.5, 0.6) is 0 Å². The number of ketones is 1. The van der Waals surface area contributed by atoms with Crippen molar-refractivity contribution in [1.29, 1.82) is 0 Å². The molecule has 5 heteroatoms. The molecule has 0 bridgehead atoms. The van der Waals surface area contributed by atoms with Crippen LogP contribution in [0, 0.1) is 0 Å². The number of carbonyl (C=O) groups is 1. The third kappa shape index (κ3) is 2.36. The van der Waals surface area contributed by atoms with E-state index in [0.29, 0.717) is 6.42 Å². The Morgan fingerprint density at radius 3 is 3.12 bits per heavy atom. The van der Waals surface area contributed by atoms with Gasteiger partial charge in [-0.15, -0.1) is 11.3 Å². The largest absolute Gasteiger partial charge is 0.293 e. The lowest BCUT2D eigenvalue weighted by Crippen LogP contribution is -2.10. The van der Waals surface area contributed by atoms with Crippen LogP contribution in [0.3, 0.4) is 0 Å². The summed E-state index contributed by atoms with van der Waals surface area (Å²) in [6.07, 6.45) is 2.83. The molecule has 0 aliphatic rings. The fourth-order valence-electron chi connectivity index (χ4n) is 1.49. The monoisotopic (exact) mass is 235 g/mol. The molecule has 0 aliphatic carbocycles. The zero-order valence-electron chi connectivity index (χ0n) is 9.09. The molecule has 0 radical (unpaired) electrons. The average Bonchev–Trinajstić information content (AvgIpc) is 2.90. The Balaban J connectivity index is 2.09. The van der Waals surface area contributed by atoms with Crippen LogP contribution in [0.4, 0.5) is 0 Å². The van der Waals surface area contributed by atoms with Crippen LogP contribution < -0.4 is 0 Å². The smallest absolute Gasteiger partial charge is 0.180 e. The molecule has 0 aliphatic heterocycles. The van der Waals surface area contributed by atoms with Gasteiger partial charge in [-0.1, -0.05) is 13.0 Å². The molecular weight excluding hydrogens is 222 g/mol. The maximum Gasteiger partial charge on any atom is 0.180 e. The lowest BCUT2D eigenvalue weighted by atomic mass is 10.2. The number of nitrogens with zero attached hydrogens (tertiary/aromatic N) is 3. The second-order valence-corrected chi connectivity index (χ2v) is 4.42. The van der Waals surface area contributed by atoms with Crippen molar-refractivity contribution in [3.63, 3.8) is 0 Å².